The number of rotatable bonds is 4. The van der Waals surface area contributed by atoms with E-state index in [1.807, 2.05) is 6.92 Å². The van der Waals surface area contributed by atoms with Gasteiger partial charge < -0.3 is 14.7 Å². The Labute approximate surface area is 93.3 Å². The second-order valence-electron chi connectivity index (χ2n) is 2.94. The Morgan fingerprint density at radius 2 is 2.12 bits per heavy atom. The lowest BCUT2D eigenvalue weighted by atomic mass is 10.2. The number of benzene rings is 1. The second-order valence-corrected chi connectivity index (χ2v) is 2.94. The Bertz CT molecular complexity index is 401. The smallest absolute Gasteiger partial charge is 0.339 e. The summed E-state index contributed by atoms with van der Waals surface area (Å²) in [6.07, 6.45) is 0. The molecule has 0 amide bonds. The maximum Gasteiger partial charge on any atom is 0.339 e. The number of ether oxygens (including phenoxy) is 1. The van der Waals surface area contributed by atoms with Crippen LogP contribution in [0.5, 0.6) is 5.75 Å². The summed E-state index contributed by atoms with van der Waals surface area (Å²) in [5.41, 5.74) is 0.0653. The van der Waals surface area contributed by atoms with Crippen LogP contribution in [0, 0.1) is 0 Å². The standard InChI is InChI=1S/C11H13NO4/c1-3-15-8(2)12-16-10-7-5-4-6-9(10)11(13)14/h4-7H,3H2,1-2H3,(H,13,14)/b12-8+. The van der Waals surface area contributed by atoms with Crippen molar-refractivity contribution in [3.05, 3.63) is 29.8 Å². The van der Waals surface area contributed by atoms with Crippen LogP contribution in [-0.2, 0) is 4.74 Å². The molecule has 5 nitrogen and oxygen atoms in total. The highest BCUT2D eigenvalue weighted by atomic mass is 16.6. The molecule has 0 unspecified atom stereocenters. The summed E-state index contributed by atoms with van der Waals surface area (Å²) in [4.78, 5) is 15.8. The van der Waals surface area contributed by atoms with E-state index < -0.39 is 5.97 Å². The normalized spacial score (nSPS) is 11.0. The summed E-state index contributed by atoms with van der Waals surface area (Å²) in [5.74, 6) is -0.517. The molecular weight excluding hydrogens is 210 g/mol. The van der Waals surface area contributed by atoms with Crippen LogP contribution in [0.1, 0.15) is 24.2 Å². The quantitative estimate of drug-likeness (QED) is 0.482. The lowest BCUT2D eigenvalue weighted by molar-refractivity contribution is 0.0692. The Kier molecular flexibility index (Phi) is 4.32. The molecule has 0 radical (unpaired) electrons. The van der Waals surface area contributed by atoms with Crippen molar-refractivity contribution in [2.75, 3.05) is 6.61 Å². The third-order valence-corrected chi connectivity index (χ3v) is 1.74. The zero-order chi connectivity index (χ0) is 12.0. The third kappa shape index (κ3) is 3.27. The molecule has 5 heteroatoms. The molecular formula is C11H13NO4. The molecule has 0 saturated heterocycles. The first-order chi connectivity index (χ1) is 7.65. The van der Waals surface area contributed by atoms with Gasteiger partial charge in [0.25, 0.3) is 0 Å². The first kappa shape index (κ1) is 12.0. The SMILES string of the molecule is CCO/C(C)=N/Oc1ccccc1C(=O)O. The molecule has 0 aliphatic carbocycles. The topological polar surface area (TPSA) is 68.1 Å². The number of oxime groups is 1. The van der Waals surface area contributed by atoms with Crippen molar-refractivity contribution in [3.8, 4) is 5.75 Å². The van der Waals surface area contributed by atoms with E-state index in [0.29, 0.717) is 12.5 Å². The predicted molar refractivity (Wildman–Crippen MR) is 58.8 cm³/mol. The number of para-hydroxylation sites is 1. The molecule has 0 saturated carbocycles. The Balaban J connectivity index is 2.81. The molecule has 0 fully saturated rings. The van der Waals surface area contributed by atoms with Crippen molar-refractivity contribution in [2.24, 2.45) is 5.16 Å². The number of carboxylic acids is 1. The van der Waals surface area contributed by atoms with E-state index in [1.165, 1.54) is 12.1 Å². The highest BCUT2D eigenvalue weighted by Gasteiger charge is 2.10. The molecule has 0 heterocycles. The summed E-state index contributed by atoms with van der Waals surface area (Å²) in [6, 6.07) is 6.28. The number of hydrogen-bond donors (Lipinski definition) is 1. The van der Waals surface area contributed by atoms with Gasteiger partial charge in [0.2, 0.25) is 5.90 Å². The maximum atomic E-state index is 10.8. The summed E-state index contributed by atoms with van der Waals surface area (Å²) in [6.45, 7) is 3.94. The molecule has 0 bridgehead atoms. The molecule has 0 spiro atoms. The van der Waals surface area contributed by atoms with Gasteiger partial charge in [-0.15, -0.1) is 0 Å². The highest BCUT2D eigenvalue weighted by molar-refractivity contribution is 5.90. The molecule has 0 atom stereocenters. The number of carboxylic acid groups (broad SMARTS) is 1. The first-order valence-electron chi connectivity index (χ1n) is 4.82. The van der Waals surface area contributed by atoms with E-state index >= 15 is 0 Å². The van der Waals surface area contributed by atoms with Crippen LogP contribution in [0.15, 0.2) is 29.4 Å². The third-order valence-electron chi connectivity index (χ3n) is 1.74. The van der Waals surface area contributed by atoms with Crippen LogP contribution in [0.2, 0.25) is 0 Å². The molecule has 1 aromatic carbocycles. The average Bonchev–Trinajstić information content (AvgIpc) is 2.27. The summed E-state index contributed by atoms with van der Waals surface area (Å²) >= 11 is 0. The van der Waals surface area contributed by atoms with Crippen LogP contribution in [0.3, 0.4) is 0 Å². The number of aromatic carboxylic acids is 1. The predicted octanol–water partition coefficient (Wildman–Crippen LogP) is 2.13. The minimum absolute atomic E-state index is 0.0653. The van der Waals surface area contributed by atoms with E-state index in [4.69, 9.17) is 14.7 Å². The molecule has 1 rings (SSSR count). The van der Waals surface area contributed by atoms with Crippen molar-refractivity contribution in [2.45, 2.75) is 13.8 Å². The highest BCUT2D eigenvalue weighted by Crippen LogP contribution is 2.17. The maximum absolute atomic E-state index is 10.8. The van der Waals surface area contributed by atoms with Gasteiger partial charge in [0.1, 0.15) is 5.56 Å². The lowest BCUT2D eigenvalue weighted by Gasteiger charge is -2.04. The molecule has 0 aliphatic heterocycles. The van der Waals surface area contributed by atoms with Gasteiger partial charge in [-0.05, 0) is 24.2 Å². The van der Waals surface area contributed by atoms with Gasteiger partial charge >= 0.3 is 5.97 Å². The molecule has 0 aromatic heterocycles. The van der Waals surface area contributed by atoms with Gasteiger partial charge in [-0.1, -0.05) is 12.1 Å². The Morgan fingerprint density at radius 3 is 2.75 bits per heavy atom. The van der Waals surface area contributed by atoms with Crippen LogP contribution in [0.4, 0.5) is 0 Å². The molecule has 86 valence electrons. The lowest BCUT2D eigenvalue weighted by Crippen LogP contribution is -2.03. The minimum Gasteiger partial charge on any atom is -0.479 e. The van der Waals surface area contributed by atoms with Crippen LogP contribution >= 0.6 is 0 Å². The molecule has 16 heavy (non-hydrogen) atoms. The van der Waals surface area contributed by atoms with Crippen LogP contribution in [0.25, 0.3) is 0 Å². The van der Waals surface area contributed by atoms with Crippen molar-refractivity contribution < 1.29 is 19.5 Å². The minimum atomic E-state index is -1.06. The van der Waals surface area contributed by atoms with Gasteiger partial charge in [0.05, 0.1) is 6.61 Å². The fourth-order valence-electron chi connectivity index (χ4n) is 1.07. The van der Waals surface area contributed by atoms with Crippen LogP contribution < -0.4 is 4.84 Å². The Morgan fingerprint density at radius 1 is 1.44 bits per heavy atom. The zero-order valence-corrected chi connectivity index (χ0v) is 9.14. The van der Waals surface area contributed by atoms with Crippen LogP contribution in [-0.4, -0.2) is 23.6 Å². The zero-order valence-electron chi connectivity index (χ0n) is 9.14. The molecule has 1 N–H and O–H groups in total. The van der Waals surface area contributed by atoms with Gasteiger partial charge in [0.15, 0.2) is 5.75 Å². The Hall–Kier alpha value is -2.04. The number of nitrogens with zero attached hydrogens (tertiary/aromatic N) is 1. The van der Waals surface area contributed by atoms with Gasteiger partial charge in [-0.25, -0.2) is 4.79 Å². The molecule has 1 aromatic rings. The molecule has 0 aliphatic rings. The van der Waals surface area contributed by atoms with Gasteiger partial charge in [-0.3, -0.25) is 0 Å². The average molecular weight is 223 g/mol. The van der Waals surface area contributed by atoms with Crippen molar-refractivity contribution >= 4 is 11.9 Å². The number of hydrogen-bond acceptors (Lipinski definition) is 4. The largest absolute Gasteiger partial charge is 0.479 e. The van der Waals surface area contributed by atoms with Crippen molar-refractivity contribution in [1.82, 2.24) is 0 Å². The van der Waals surface area contributed by atoms with Crippen molar-refractivity contribution in [1.29, 1.82) is 0 Å². The van der Waals surface area contributed by atoms with E-state index in [1.54, 1.807) is 19.1 Å². The number of carbonyl (C=O) groups is 1. The van der Waals surface area contributed by atoms with Crippen molar-refractivity contribution in [3.63, 3.8) is 0 Å². The summed E-state index contributed by atoms with van der Waals surface area (Å²) in [5, 5.41) is 12.5. The van der Waals surface area contributed by atoms with Gasteiger partial charge in [-0.2, -0.15) is 0 Å². The first-order valence-corrected chi connectivity index (χ1v) is 4.82. The summed E-state index contributed by atoms with van der Waals surface area (Å²) < 4.78 is 5.04. The second kappa shape index (κ2) is 5.75. The van der Waals surface area contributed by atoms with E-state index in [9.17, 15) is 4.79 Å². The van der Waals surface area contributed by atoms with E-state index in [-0.39, 0.29) is 11.3 Å². The van der Waals surface area contributed by atoms with Gasteiger partial charge in [0, 0.05) is 6.92 Å². The van der Waals surface area contributed by atoms with E-state index in [2.05, 4.69) is 5.16 Å². The van der Waals surface area contributed by atoms with E-state index in [0.717, 1.165) is 0 Å². The summed E-state index contributed by atoms with van der Waals surface area (Å²) in [7, 11) is 0. The fraction of sp³-hybridized carbons (Fsp3) is 0.273. The monoisotopic (exact) mass is 223 g/mol. The fourth-order valence-corrected chi connectivity index (χ4v) is 1.07.